The maximum Gasteiger partial charge on any atom is 0.134 e. The van der Waals surface area contributed by atoms with Gasteiger partial charge in [-0.15, -0.1) is 0 Å². The van der Waals surface area contributed by atoms with Crippen LogP contribution >= 0.6 is 0 Å². The first-order valence-electron chi connectivity index (χ1n) is 12.7. The zero-order chi connectivity index (χ0) is 24.8. The highest BCUT2D eigenvalue weighted by Crippen LogP contribution is 2.36. The van der Waals surface area contributed by atoms with Crippen LogP contribution in [0.15, 0.2) is 59.7 Å². The van der Waals surface area contributed by atoms with E-state index in [4.69, 9.17) is 4.98 Å². The van der Waals surface area contributed by atoms with Gasteiger partial charge in [0.2, 0.25) is 0 Å². The number of allylic oxidation sites excluding steroid dienone is 5. The lowest BCUT2D eigenvalue weighted by atomic mass is 9.96. The predicted octanol–water partition coefficient (Wildman–Crippen LogP) is 9.11. The van der Waals surface area contributed by atoms with Gasteiger partial charge in [-0.05, 0) is 93.1 Å². The van der Waals surface area contributed by atoms with E-state index in [1.165, 1.54) is 11.1 Å². The first-order chi connectivity index (χ1) is 16.2. The second-order valence-corrected chi connectivity index (χ2v) is 10.3. The molecular weight excluding hydrogens is 424 g/mol. The Morgan fingerprint density at radius 2 is 1.82 bits per heavy atom. The Labute approximate surface area is 204 Å². The van der Waals surface area contributed by atoms with E-state index in [9.17, 15) is 8.78 Å². The summed E-state index contributed by atoms with van der Waals surface area (Å²) in [4.78, 5) is 4.70. The van der Waals surface area contributed by atoms with Crippen LogP contribution in [0.2, 0.25) is 0 Å². The Hall–Kier alpha value is -2.55. The number of hydrogen-bond donors (Lipinski definition) is 0. The van der Waals surface area contributed by atoms with E-state index in [-0.39, 0.29) is 0 Å². The van der Waals surface area contributed by atoms with Crippen LogP contribution in [0, 0.1) is 30.4 Å². The molecule has 0 radical (unpaired) electrons. The van der Waals surface area contributed by atoms with Crippen molar-refractivity contribution in [2.24, 2.45) is 11.8 Å². The zero-order valence-corrected chi connectivity index (χ0v) is 21.5. The van der Waals surface area contributed by atoms with Crippen molar-refractivity contribution in [1.82, 2.24) is 4.98 Å². The van der Waals surface area contributed by atoms with Crippen LogP contribution < -0.4 is 0 Å². The lowest BCUT2D eigenvalue weighted by molar-refractivity contribution is 0.553. The standard InChI is InChI=1S/C31H39F2N/c1-7-24-16-22(5)17-26(24)15-21(4)11-12-25-18-29(31(33)19-30(25)32)28-14-13-27(34-23(28)6)10-8-9-20(2)3/h7,13-15,18-20,22H,4,8-12,16-17H2,1-3,5-6H3/b24-7-,26-15-. The SMILES string of the molecule is C=C(/C=C1/CC(C)C/C1=C/C)CCc1cc(-c2ccc(CCCC(C)C)nc2C)c(F)cc1F. The largest absolute Gasteiger partial charge is 0.258 e. The van der Waals surface area contributed by atoms with Gasteiger partial charge in [-0.2, -0.15) is 0 Å². The first-order valence-corrected chi connectivity index (χ1v) is 12.7. The molecule has 0 saturated heterocycles. The molecule has 1 fully saturated rings. The molecule has 2 aromatic rings. The molecule has 0 aliphatic heterocycles. The van der Waals surface area contributed by atoms with Gasteiger partial charge >= 0.3 is 0 Å². The molecule has 1 aromatic carbocycles. The zero-order valence-electron chi connectivity index (χ0n) is 21.5. The van der Waals surface area contributed by atoms with Crippen molar-refractivity contribution in [1.29, 1.82) is 0 Å². The fourth-order valence-electron chi connectivity index (χ4n) is 4.87. The van der Waals surface area contributed by atoms with Gasteiger partial charge in [0.25, 0.3) is 0 Å². The van der Waals surface area contributed by atoms with Crippen molar-refractivity contribution in [3.8, 4) is 11.1 Å². The number of rotatable bonds is 9. The molecule has 0 spiro atoms. The fourth-order valence-corrected chi connectivity index (χ4v) is 4.87. The lowest BCUT2D eigenvalue weighted by Gasteiger charge is -2.12. The minimum atomic E-state index is -0.544. The third-order valence-corrected chi connectivity index (χ3v) is 6.78. The highest BCUT2D eigenvalue weighted by molar-refractivity contribution is 5.67. The molecule has 1 aliphatic rings. The van der Waals surface area contributed by atoms with Crippen molar-refractivity contribution in [2.45, 2.75) is 79.6 Å². The second kappa shape index (κ2) is 11.7. The van der Waals surface area contributed by atoms with E-state index in [1.807, 2.05) is 19.1 Å². The van der Waals surface area contributed by atoms with E-state index in [2.05, 4.69) is 46.4 Å². The van der Waals surface area contributed by atoms with Gasteiger partial charge < -0.3 is 0 Å². The van der Waals surface area contributed by atoms with Gasteiger partial charge in [0.05, 0.1) is 0 Å². The van der Waals surface area contributed by atoms with E-state index in [0.29, 0.717) is 35.8 Å². The average Bonchev–Trinajstić information content (AvgIpc) is 3.12. The summed E-state index contributed by atoms with van der Waals surface area (Å²) < 4.78 is 29.4. The number of nitrogens with zero attached hydrogens (tertiary/aromatic N) is 1. The summed E-state index contributed by atoms with van der Waals surface area (Å²) >= 11 is 0. The summed E-state index contributed by atoms with van der Waals surface area (Å²) in [6.07, 6.45) is 10.8. The van der Waals surface area contributed by atoms with Crippen LogP contribution in [0.3, 0.4) is 0 Å². The third kappa shape index (κ3) is 6.74. The molecule has 1 heterocycles. The highest BCUT2D eigenvalue weighted by atomic mass is 19.1. The molecule has 0 amide bonds. The van der Waals surface area contributed by atoms with Crippen LogP contribution in [0.4, 0.5) is 8.78 Å². The van der Waals surface area contributed by atoms with Crippen LogP contribution in [-0.2, 0) is 12.8 Å². The van der Waals surface area contributed by atoms with Gasteiger partial charge in [0.15, 0.2) is 0 Å². The Bertz CT molecular complexity index is 1090. The molecule has 0 N–H and O–H groups in total. The third-order valence-electron chi connectivity index (χ3n) is 6.78. The van der Waals surface area contributed by atoms with Gasteiger partial charge in [-0.3, -0.25) is 4.98 Å². The smallest absolute Gasteiger partial charge is 0.134 e. The Kier molecular flexibility index (Phi) is 8.99. The Balaban J connectivity index is 1.74. The summed E-state index contributed by atoms with van der Waals surface area (Å²) in [7, 11) is 0. The summed E-state index contributed by atoms with van der Waals surface area (Å²) in [5.74, 6) is 0.283. The molecule has 3 heteroatoms. The van der Waals surface area contributed by atoms with Crippen LogP contribution in [0.25, 0.3) is 11.1 Å². The second-order valence-electron chi connectivity index (χ2n) is 10.3. The van der Waals surface area contributed by atoms with E-state index in [0.717, 1.165) is 60.7 Å². The van der Waals surface area contributed by atoms with Gasteiger partial charge in [0, 0.05) is 28.6 Å². The Morgan fingerprint density at radius 1 is 1.09 bits per heavy atom. The molecular formula is C31H39F2N. The maximum atomic E-state index is 14.8. The molecule has 34 heavy (non-hydrogen) atoms. The number of pyridine rings is 1. The van der Waals surface area contributed by atoms with E-state index in [1.54, 1.807) is 6.07 Å². The molecule has 1 saturated carbocycles. The van der Waals surface area contributed by atoms with Crippen LogP contribution in [0.5, 0.6) is 0 Å². The minimum absolute atomic E-state index is 0.417. The van der Waals surface area contributed by atoms with Crippen molar-refractivity contribution in [3.63, 3.8) is 0 Å². The molecule has 182 valence electrons. The van der Waals surface area contributed by atoms with Crippen molar-refractivity contribution < 1.29 is 8.78 Å². The number of hydrogen-bond acceptors (Lipinski definition) is 1. The normalized spacial score (nSPS) is 18.4. The molecule has 1 atom stereocenters. The van der Waals surface area contributed by atoms with Crippen molar-refractivity contribution in [3.05, 3.63) is 88.3 Å². The van der Waals surface area contributed by atoms with Crippen molar-refractivity contribution in [2.75, 3.05) is 0 Å². The van der Waals surface area contributed by atoms with E-state index >= 15 is 0 Å². The summed E-state index contributed by atoms with van der Waals surface area (Å²) in [5, 5.41) is 0. The summed E-state index contributed by atoms with van der Waals surface area (Å²) in [6.45, 7) is 14.9. The maximum absolute atomic E-state index is 14.8. The minimum Gasteiger partial charge on any atom is -0.258 e. The molecule has 1 nitrogen and oxygen atoms in total. The lowest BCUT2D eigenvalue weighted by Crippen LogP contribution is -2.00. The van der Waals surface area contributed by atoms with Crippen LogP contribution in [-0.4, -0.2) is 4.98 Å². The number of aromatic nitrogens is 1. The van der Waals surface area contributed by atoms with Gasteiger partial charge in [-0.1, -0.05) is 57.6 Å². The molecule has 1 aliphatic carbocycles. The molecule has 3 rings (SSSR count). The number of benzene rings is 1. The highest BCUT2D eigenvalue weighted by Gasteiger charge is 2.20. The Morgan fingerprint density at radius 3 is 2.50 bits per heavy atom. The monoisotopic (exact) mass is 463 g/mol. The van der Waals surface area contributed by atoms with E-state index < -0.39 is 11.6 Å². The topological polar surface area (TPSA) is 12.9 Å². The molecule has 1 aromatic heterocycles. The average molecular weight is 464 g/mol. The first kappa shape index (κ1) is 26.1. The summed E-state index contributed by atoms with van der Waals surface area (Å²) in [6, 6.07) is 6.57. The van der Waals surface area contributed by atoms with Gasteiger partial charge in [-0.25, -0.2) is 8.78 Å². The molecule has 1 unspecified atom stereocenters. The number of aryl methyl sites for hydroxylation is 3. The fraction of sp³-hybridized carbons (Fsp3) is 0.452. The van der Waals surface area contributed by atoms with Crippen molar-refractivity contribution >= 4 is 0 Å². The quantitative estimate of drug-likeness (QED) is 0.361. The molecule has 0 bridgehead atoms. The number of halogens is 2. The summed E-state index contributed by atoms with van der Waals surface area (Å²) in [5.41, 5.74) is 7.18. The van der Waals surface area contributed by atoms with Gasteiger partial charge in [0.1, 0.15) is 11.6 Å². The van der Waals surface area contributed by atoms with Crippen LogP contribution in [0.1, 0.15) is 76.8 Å². The predicted molar refractivity (Wildman–Crippen MR) is 140 cm³/mol.